The van der Waals surface area contributed by atoms with Gasteiger partial charge in [-0.15, -0.1) is 0 Å². The van der Waals surface area contributed by atoms with Crippen LogP contribution in [0.3, 0.4) is 0 Å². The van der Waals surface area contributed by atoms with E-state index in [1.807, 2.05) is 13.3 Å². The van der Waals surface area contributed by atoms with E-state index in [0.717, 1.165) is 12.8 Å². The van der Waals surface area contributed by atoms with Crippen molar-refractivity contribution in [2.24, 2.45) is 5.92 Å². The molecular formula is C8H17O2. The second-order valence-corrected chi connectivity index (χ2v) is 2.92. The van der Waals surface area contributed by atoms with Gasteiger partial charge in [0.15, 0.2) is 0 Å². The van der Waals surface area contributed by atoms with Crippen molar-refractivity contribution in [3.8, 4) is 0 Å². The summed E-state index contributed by atoms with van der Waals surface area (Å²) >= 11 is 0. The van der Waals surface area contributed by atoms with E-state index in [-0.39, 0.29) is 6.10 Å². The average Bonchev–Trinajstić information content (AvgIpc) is 1.86. The minimum Gasteiger partial charge on any atom is -0.252 e. The fourth-order valence-corrected chi connectivity index (χ4v) is 0.910. The lowest BCUT2D eigenvalue weighted by atomic mass is 10.0. The third-order valence-corrected chi connectivity index (χ3v) is 1.34. The third kappa shape index (κ3) is 4.77. The van der Waals surface area contributed by atoms with Crippen LogP contribution in [0, 0.1) is 12.3 Å². The first-order valence-electron chi connectivity index (χ1n) is 3.84. The van der Waals surface area contributed by atoms with E-state index in [1.54, 1.807) is 0 Å². The zero-order valence-corrected chi connectivity index (χ0v) is 7.00. The molecule has 0 fully saturated rings. The lowest BCUT2D eigenvalue weighted by Crippen LogP contribution is -2.13. The fourth-order valence-electron chi connectivity index (χ4n) is 0.910. The Balaban J connectivity index is 3.39. The molecule has 1 radical (unpaired) electrons. The van der Waals surface area contributed by atoms with Crippen molar-refractivity contribution in [3.05, 3.63) is 6.42 Å². The molecule has 2 heteroatoms. The summed E-state index contributed by atoms with van der Waals surface area (Å²) in [5, 5.41) is 8.37. The van der Waals surface area contributed by atoms with Gasteiger partial charge in [0.05, 0.1) is 6.10 Å². The monoisotopic (exact) mass is 145 g/mol. The smallest absolute Gasteiger partial charge is 0.0961 e. The summed E-state index contributed by atoms with van der Waals surface area (Å²) in [6.07, 6.45) is 3.73. The maximum Gasteiger partial charge on any atom is 0.0961 e. The van der Waals surface area contributed by atoms with Gasteiger partial charge in [-0.1, -0.05) is 27.2 Å². The first kappa shape index (κ1) is 9.92. The Labute approximate surface area is 63.1 Å². The highest BCUT2D eigenvalue weighted by molar-refractivity contribution is 4.75. The maximum atomic E-state index is 8.37. The van der Waals surface area contributed by atoms with Crippen LogP contribution >= 0.6 is 0 Å². The van der Waals surface area contributed by atoms with Crippen LogP contribution in [0.5, 0.6) is 0 Å². The Morgan fingerprint density at radius 3 is 2.40 bits per heavy atom. The molecule has 0 aliphatic rings. The minimum absolute atomic E-state index is 0.0787. The van der Waals surface area contributed by atoms with Gasteiger partial charge in [0.2, 0.25) is 0 Å². The second kappa shape index (κ2) is 5.69. The molecule has 61 valence electrons. The van der Waals surface area contributed by atoms with Crippen LogP contribution in [-0.4, -0.2) is 11.4 Å². The molecular weight excluding hydrogens is 128 g/mol. The topological polar surface area (TPSA) is 29.5 Å². The van der Waals surface area contributed by atoms with E-state index in [9.17, 15) is 0 Å². The summed E-state index contributed by atoms with van der Waals surface area (Å²) in [5.41, 5.74) is 0. The molecule has 0 aromatic carbocycles. The number of hydrogen-bond acceptors (Lipinski definition) is 2. The average molecular weight is 145 g/mol. The van der Waals surface area contributed by atoms with Gasteiger partial charge in [-0.25, -0.2) is 4.89 Å². The van der Waals surface area contributed by atoms with E-state index in [2.05, 4.69) is 18.7 Å². The van der Waals surface area contributed by atoms with E-state index < -0.39 is 0 Å². The van der Waals surface area contributed by atoms with Crippen LogP contribution in [-0.2, 0) is 4.89 Å². The molecule has 0 amide bonds. The Morgan fingerprint density at radius 1 is 1.50 bits per heavy atom. The molecule has 1 atom stereocenters. The molecule has 0 aromatic heterocycles. The number of hydrogen-bond donors (Lipinski definition) is 1. The quantitative estimate of drug-likeness (QED) is 0.475. The molecule has 10 heavy (non-hydrogen) atoms. The second-order valence-electron chi connectivity index (χ2n) is 2.92. The van der Waals surface area contributed by atoms with E-state index in [4.69, 9.17) is 5.26 Å². The van der Waals surface area contributed by atoms with Gasteiger partial charge in [0.1, 0.15) is 0 Å². The summed E-state index contributed by atoms with van der Waals surface area (Å²) in [6.45, 7) is 6.25. The summed E-state index contributed by atoms with van der Waals surface area (Å²) in [5.74, 6) is 0.569. The molecule has 0 aromatic rings. The van der Waals surface area contributed by atoms with Gasteiger partial charge in [-0.3, -0.25) is 5.26 Å². The van der Waals surface area contributed by atoms with Crippen LogP contribution in [0.4, 0.5) is 0 Å². The van der Waals surface area contributed by atoms with Crippen molar-refractivity contribution in [1.29, 1.82) is 0 Å². The Kier molecular flexibility index (Phi) is 5.64. The highest BCUT2D eigenvalue weighted by Gasteiger charge is 2.09. The van der Waals surface area contributed by atoms with E-state index in [0.29, 0.717) is 5.92 Å². The lowest BCUT2D eigenvalue weighted by Gasteiger charge is -2.13. The van der Waals surface area contributed by atoms with Gasteiger partial charge in [0, 0.05) is 0 Å². The highest BCUT2D eigenvalue weighted by atomic mass is 17.1. The number of rotatable bonds is 5. The third-order valence-electron chi connectivity index (χ3n) is 1.34. The zero-order chi connectivity index (χ0) is 7.98. The van der Waals surface area contributed by atoms with Gasteiger partial charge >= 0.3 is 0 Å². The molecule has 0 aliphatic carbocycles. The van der Waals surface area contributed by atoms with Crippen LogP contribution < -0.4 is 0 Å². The Bertz CT molecular complexity index is 71.7. The molecule has 2 nitrogen and oxygen atoms in total. The fraction of sp³-hybridized carbons (Fsp3) is 0.875. The zero-order valence-electron chi connectivity index (χ0n) is 7.00. The first-order valence-corrected chi connectivity index (χ1v) is 3.84. The predicted octanol–water partition coefficient (Wildman–Crippen LogP) is 2.50. The molecule has 0 heterocycles. The van der Waals surface area contributed by atoms with Gasteiger partial charge in [-0.05, 0) is 18.8 Å². The molecule has 1 N–H and O–H groups in total. The first-order chi connectivity index (χ1) is 4.70. The molecule has 0 aliphatic heterocycles. The van der Waals surface area contributed by atoms with Gasteiger partial charge in [-0.2, -0.15) is 0 Å². The SMILES string of the molecule is CC[CH]C(CC(C)C)OO. The Hall–Kier alpha value is -0.0800. The van der Waals surface area contributed by atoms with Gasteiger partial charge < -0.3 is 0 Å². The maximum absolute atomic E-state index is 8.37. The summed E-state index contributed by atoms with van der Waals surface area (Å²) in [4.78, 5) is 4.25. The van der Waals surface area contributed by atoms with Crippen LogP contribution in [0.25, 0.3) is 0 Å². The predicted molar refractivity (Wildman–Crippen MR) is 41.5 cm³/mol. The minimum atomic E-state index is -0.0787. The summed E-state index contributed by atoms with van der Waals surface area (Å²) < 4.78 is 0. The lowest BCUT2D eigenvalue weighted by molar-refractivity contribution is -0.272. The van der Waals surface area contributed by atoms with Crippen LogP contribution in [0.2, 0.25) is 0 Å². The van der Waals surface area contributed by atoms with Crippen molar-refractivity contribution < 1.29 is 10.1 Å². The molecule has 0 saturated carbocycles. The van der Waals surface area contributed by atoms with Crippen molar-refractivity contribution in [1.82, 2.24) is 0 Å². The van der Waals surface area contributed by atoms with Crippen molar-refractivity contribution in [2.75, 3.05) is 0 Å². The van der Waals surface area contributed by atoms with Crippen molar-refractivity contribution in [2.45, 2.75) is 39.7 Å². The van der Waals surface area contributed by atoms with Crippen molar-refractivity contribution >= 4 is 0 Å². The van der Waals surface area contributed by atoms with Crippen molar-refractivity contribution in [3.63, 3.8) is 0 Å². The van der Waals surface area contributed by atoms with Crippen LogP contribution in [0.1, 0.15) is 33.6 Å². The molecule has 0 rings (SSSR count). The molecule has 0 saturated heterocycles. The molecule has 0 spiro atoms. The van der Waals surface area contributed by atoms with Gasteiger partial charge in [0.25, 0.3) is 0 Å². The summed E-state index contributed by atoms with van der Waals surface area (Å²) in [7, 11) is 0. The standard InChI is InChI=1S/C8H17O2/c1-4-5-8(10-9)6-7(2)3/h5,7-9H,4,6H2,1-3H3. The van der Waals surface area contributed by atoms with E-state index in [1.165, 1.54) is 0 Å². The Morgan fingerprint density at radius 2 is 2.10 bits per heavy atom. The normalized spacial score (nSPS) is 14.1. The molecule has 1 unspecified atom stereocenters. The van der Waals surface area contributed by atoms with Crippen LogP contribution in [0.15, 0.2) is 0 Å². The van der Waals surface area contributed by atoms with E-state index >= 15 is 0 Å². The largest absolute Gasteiger partial charge is 0.252 e. The highest BCUT2D eigenvalue weighted by Crippen LogP contribution is 2.10. The summed E-state index contributed by atoms with van der Waals surface area (Å²) in [6, 6.07) is 0. The molecule has 0 bridgehead atoms.